The van der Waals surface area contributed by atoms with E-state index in [9.17, 15) is 0 Å². The van der Waals surface area contributed by atoms with Crippen LogP contribution >= 0.6 is 0 Å². The molecule has 0 spiro atoms. The van der Waals surface area contributed by atoms with Crippen LogP contribution in [0.2, 0.25) is 0 Å². The Morgan fingerprint density at radius 1 is 0.273 bits per heavy atom. The molecule has 0 saturated carbocycles. The van der Waals surface area contributed by atoms with Crippen LogP contribution in [0.5, 0.6) is 0 Å². The summed E-state index contributed by atoms with van der Waals surface area (Å²) in [7, 11) is 0. The van der Waals surface area contributed by atoms with Gasteiger partial charge in [-0.25, -0.2) is 0 Å². The molecule has 4 N–H and O–H groups in total. The normalized spacial score (nSPS) is 0. The predicted molar refractivity (Wildman–Crippen MR) is 10.5 cm³/mol. The minimum Gasteiger partial charge on any atom is -2.00 e. The summed E-state index contributed by atoms with van der Waals surface area (Å²) in [6, 6.07) is 0. The topological polar surface area (TPSA) is 234 Å². The first-order valence-corrected chi connectivity index (χ1v) is 0. The van der Waals surface area contributed by atoms with E-state index in [0.717, 1.165) is 0 Å². The molecule has 0 aliphatic rings. The molecule has 64 valence electrons. The smallest absolute Gasteiger partial charge is 2.00 e. The van der Waals surface area contributed by atoms with Crippen molar-refractivity contribution in [2.75, 3.05) is 0 Å². The predicted octanol–water partition coefficient (Wildman–Crippen LogP) is -1.18. The zero-order valence-corrected chi connectivity index (χ0v) is 14.3. The molecule has 0 aromatic heterocycles. The molecule has 0 aromatic rings. The van der Waals surface area contributed by atoms with Crippen LogP contribution in [0.3, 0.4) is 0 Å². The van der Waals surface area contributed by atoms with E-state index < -0.39 is 0 Å². The molecule has 0 radical (unpaired) electrons. The molecule has 0 aliphatic carbocycles. The molecule has 0 aliphatic heterocycles. The van der Waals surface area contributed by atoms with E-state index in [4.69, 9.17) is 0 Å². The second-order valence-corrected chi connectivity index (χ2v) is 0. The van der Waals surface area contributed by atoms with Gasteiger partial charge in [0.25, 0.3) is 0 Å². The third-order valence-corrected chi connectivity index (χ3v) is 0. The van der Waals surface area contributed by atoms with Crippen molar-refractivity contribution in [1.29, 1.82) is 0 Å². The van der Waals surface area contributed by atoms with Gasteiger partial charge in [0, 0.05) is 0 Å². The minimum absolute atomic E-state index is 0. The molecule has 0 saturated heterocycles. The van der Waals surface area contributed by atoms with Crippen molar-refractivity contribution < 1.29 is 169 Å². The summed E-state index contributed by atoms with van der Waals surface area (Å²) in [4.78, 5) is 0. The first-order chi connectivity index (χ1) is 0. The van der Waals surface area contributed by atoms with Crippen LogP contribution < -0.4 is 0 Å². The van der Waals surface area contributed by atoms with Crippen molar-refractivity contribution in [2.45, 2.75) is 0 Å². The fraction of sp³-hybridized carbons (Fsp3) is 0. The summed E-state index contributed by atoms with van der Waals surface area (Å²) < 4.78 is 0. The van der Waals surface area contributed by atoms with Crippen molar-refractivity contribution in [2.24, 2.45) is 0 Å². The van der Waals surface area contributed by atoms with E-state index in [0.29, 0.717) is 0 Å². The van der Waals surface area contributed by atoms with Crippen LogP contribution in [0.15, 0.2) is 0 Å². The summed E-state index contributed by atoms with van der Waals surface area (Å²) >= 11 is 0. The maximum Gasteiger partial charge on any atom is 4.00 e. The van der Waals surface area contributed by atoms with E-state index in [-0.39, 0.29) is 169 Å². The minimum atomic E-state index is 0. The van der Waals surface area contributed by atoms with Crippen LogP contribution in [0, 0.1) is 125 Å². The van der Waals surface area contributed by atoms with E-state index >= 15 is 0 Å². The Hall–Kier alpha value is 3.81. The average Bonchev–Trinajstić information content (AvgIpc) is 0. The van der Waals surface area contributed by atoms with Crippen LogP contribution in [0.25, 0.3) is 0 Å². The summed E-state index contributed by atoms with van der Waals surface area (Å²) in [6.07, 6.45) is 0. The molecule has 0 heterocycles. The largest absolute Gasteiger partial charge is 4.00 e. The van der Waals surface area contributed by atoms with Gasteiger partial charge in [0.1, 0.15) is 0 Å². The Morgan fingerprint density at radius 3 is 0.273 bits per heavy atom. The number of hydrogen-bond acceptors (Lipinski definition) is 4. The zero-order chi connectivity index (χ0) is 0. The molecule has 0 amide bonds. The fourth-order valence-corrected chi connectivity index (χ4v) is 0. The van der Waals surface area contributed by atoms with Crippen LogP contribution in [-0.4, -0.2) is 21.9 Å². The Bertz CT molecular complexity index is 9.30. The zero-order valence-electron chi connectivity index (χ0n) is 4.92. The summed E-state index contributed by atoms with van der Waals surface area (Å²) in [6.45, 7) is 0. The van der Waals surface area contributed by atoms with Gasteiger partial charge in [-0.3, -0.25) is 0 Å². The maximum absolute atomic E-state index is 0. The van der Waals surface area contributed by atoms with Gasteiger partial charge in [-0.05, 0) is 0 Å². The third-order valence-electron chi connectivity index (χ3n) is 0. The maximum atomic E-state index is 0. The average molecular weight is 552 g/mol. The van der Waals surface area contributed by atoms with Gasteiger partial charge in [-0.15, -0.1) is 0 Å². The van der Waals surface area contributed by atoms with Crippen LogP contribution in [0.1, 0.15) is 0 Å². The number of rotatable bonds is 0. The molecule has 0 fully saturated rings. The Labute approximate surface area is 165 Å². The second kappa shape index (κ2) is 156. The molecule has 0 atom stereocenters. The van der Waals surface area contributed by atoms with E-state index in [2.05, 4.69) is 0 Å². The molecule has 11 heteroatoms. The fourth-order valence-electron chi connectivity index (χ4n) is 0. The molecule has 0 aromatic carbocycles. The van der Waals surface area contributed by atoms with Gasteiger partial charge in [-0.1, -0.05) is 0 Å². The molecule has 0 unspecified atom stereocenters. The van der Waals surface area contributed by atoms with E-state index in [1.807, 2.05) is 0 Å². The molecular formula is H4Ce3O8. The summed E-state index contributed by atoms with van der Waals surface area (Å²) in [5, 5.41) is 0. The van der Waals surface area contributed by atoms with Crippen LogP contribution in [0.4, 0.5) is 0 Å². The van der Waals surface area contributed by atoms with Crippen molar-refractivity contribution in [3.63, 3.8) is 0 Å². The van der Waals surface area contributed by atoms with Gasteiger partial charge in [0.2, 0.25) is 0 Å². The Kier molecular flexibility index (Phi) is 2760. The third kappa shape index (κ3) is 133. The molecule has 0 bridgehead atoms. The van der Waals surface area contributed by atoms with Crippen molar-refractivity contribution >= 4 is 0 Å². The molecule has 0 rings (SSSR count). The van der Waals surface area contributed by atoms with Crippen LogP contribution in [-0.2, 0) is 21.9 Å². The molecular weight excluding hydrogens is 548 g/mol. The Balaban J connectivity index is 0. The van der Waals surface area contributed by atoms with Gasteiger partial charge < -0.3 is 43.8 Å². The monoisotopic (exact) mass is 552 g/mol. The van der Waals surface area contributed by atoms with Gasteiger partial charge >= 0.3 is 125 Å². The van der Waals surface area contributed by atoms with Crippen molar-refractivity contribution in [1.82, 2.24) is 0 Å². The van der Waals surface area contributed by atoms with Gasteiger partial charge in [0.15, 0.2) is 0 Å². The van der Waals surface area contributed by atoms with Crippen molar-refractivity contribution in [3.05, 3.63) is 0 Å². The summed E-state index contributed by atoms with van der Waals surface area (Å²) in [5.41, 5.74) is 0. The quantitative estimate of drug-likeness (QED) is 0.361. The van der Waals surface area contributed by atoms with Gasteiger partial charge in [0.05, 0.1) is 0 Å². The van der Waals surface area contributed by atoms with Crippen molar-refractivity contribution in [3.8, 4) is 0 Å². The van der Waals surface area contributed by atoms with E-state index in [1.54, 1.807) is 0 Å². The molecule has 11 heavy (non-hydrogen) atoms. The molecule has 8 nitrogen and oxygen atoms in total. The summed E-state index contributed by atoms with van der Waals surface area (Å²) in [5.74, 6) is 0. The Morgan fingerprint density at radius 2 is 0.273 bits per heavy atom. The second-order valence-electron chi connectivity index (χ2n) is 0. The number of hydrogen-bond donors (Lipinski definition) is 0. The standard InChI is InChI=1S/3Ce.4H2O.4O/h;;;4*1H2;;;;/q3*+4;;;;;4*-2/p-4. The first kappa shape index (κ1) is 195. The SMILES string of the molecule is [Ce+4].[Ce+4].[Ce+4].[O-2].[O-2].[O-2].[O-2].[OH-].[OH-].[OH-].[OH-]. The van der Waals surface area contributed by atoms with Gasteiger partial charge in [-0.2, -0.15) is 0 Å². The van der Waals surface area contributed by atoms with E-state index in [1.165, 1.54) is 0 Å². The first-order valence-electron chi connectivity index (χ1n) is 0.